The van der Waals surface area contributed by atoms with Crippen molar-refractivity contribution in [3.8, 4) is 0 Å². The van der Waals surface area contributed by atoms with E-state index in [9.17, 15) is 29.8 Å². The number of carbonyl (C=O) groups is 2. The Kier molecular flexibility index (Phi) is 4.50. The van der Waals surface area contributed by atoms with Crippen LogP contribution in [0.15, 0.2) is 0 Å². The highest BCUT2D eigenvalue weighted by atomic mass is 16.7. The fourth-order valence-electron chi connectivity index (χ4n) is 2.21. The zero-order valence-corrected chi connectivity index (χ0v) is 12.0. The van der Waals surface area contributed by atoms with Gasteiger partial charge in [-0.25, -0.2) is 20.2 Å². The van der Waals surface area contributed by atoms with E-state index in [-0.39, 0.29) is 6.67 Å². The summed E-state index contributed by atoms with van der Waals surface area (Å²) in [7, 11) is 2.18. The number of hydrogen-bond acceptors (Lipinski definition) is 6. The van der Waals surface area contributed by atoms with Gasteiger partial charge in [-0.1, -0.05) is 0 Å². The molecule has 0 saturated carbocycles. The molecule has 0 bridgehead atoms. The van der Waals surface area contributed by atoms with Gasteiger partial charge < -0.3 is 0 Å². The Morgan fingerprint density at radius 3 is 1.43 bits per heavy atom. The highest BCUT2D eigenvalue weighted by Gasteiger charge is 2.53. The van der Waals surface area contributed by atoms with Gasteiger partial charge in [-0.15, -0.1) is 10.0 Å². The molecule has 0 aromatic rings. The van der Waals surface area contributed by atoms with Crippen LogP contribution >= 0.6 is 0 Å². The van der Waals surface area contributed by atoms with E-state index in [0.717, 1.165) is 23.9 Å². The first-order chi connectivity index (χ1) is 9.59. The molecule has 0 unspecified atom stereocenters. The zero-order valence-electron chi connectivity index (χ0n) is 12.0. The van der Waals surface area contributed by atoms with Crippen LogP contribution in [0.2, 0.25) is 0 Å². The van der Waals surface area contributed by atoms with Gasteiger partial charge in [-0.05, 0) is 0 Å². The van der Waals surface area contributed by atoms with Gasteiger partial charge in [0.15, 0.2) is 10.1 Å². The highest BCUT2D eigenvalue weighted by Crippen LogP contribution is 2.25. The molecular formula is C9H16N6O6. The summed E-state index contributed by atoms with van der Waals surface area (Å²) in [6.07, 6.45) is -2.53. The number of carbonyl (C=O) groups excluding carboxylic acids is 2. The van der Waals surface area contributed by atoms with Crippen LogP contribution in [-0.2, 0) is 9.59 Å². The summed E-state index contributed by atoms with van der Waals surface area (Å²) in [4.78, 5) is 47.3. The zero-order chi connectivity index (χ0) is 16.5. The number of amides is 2. The number of nitro groups is 2. The molecule has 1 fully saturated rings. The second-order valence-corrected chi connectivity index (χ2v) is 4.57. The van der Waals surface area contributed by atoms with Crippen LogP contribution < -0.4 is 0 Å². The number of likely N-dealkylation sites (N-methyl/N-ethyl adjacent to an activating group) is 2. The third-order valence-corrected chi connectivity index (χ3v) is 3.30. The Labute approximate surface area is 119 Å². The summed E-state index contributed by atoms with van der Waals surface area (Å²) in [6, 6.07) is 0. The van der Waals surface area contributed by atoms with Crippen molar-refractivity contribution in [2.45, 2.75) is 26.2 Å². The SMILES string of the molecule is CC(=O)N1CN(C(C)=O)[C@@H](N(C)[N+](=O)[O-])[C@H]1N(C)[N+](=O)[O-]. The molecule has 0 aliphatic carbocycles. The van der Waals surface area contributed by atoms with Crippen molar-refractivity contribution in [3.05, 3.63) is 20.2 Å². The van der Waals surface area contributed by atoms with E-state index in [1.165, 1.54) is 13.8 Å². The molecule has 12 heteroatoms. The summed E-state index contributed by atoms with van der Waals surface area (Å²) in [6.45, 7) is 2.09. The molecule has 1 heterocycles. The van der Waals surface area contributed by atoms with Crippen LogP contribution in [0, 0.1) is 20.2 Å². The maximum absolute atomic E-state index is 11.6. The normalized spacial score (nSPS) is 21.1. The lowest BCUT2D eigenvalue weighted by atomic mass is 10.3. The van der Waals surface area contributed by atoms with Crippen LogP contribution in [0.3, 0.4) is 0 Å². The minimum absolute atomic E-state index is 0.254. The molecule has 0 aromatic heterocycles. The predicted molar refractivity (Wildman–Crippen MR) is 67.0 cm³/mol. The van der Waals surface area contributed by atoms with Gasteiger partial charge in [-0.2, -0.15) is 0 Å². The maximum Gasteiger partial charge on any atom is 0.222 e. The van der Waals surface area contributed by atoms with Crippen molar-refractivity contribution in [3.63, 3.8) is 0 Å². The first kappa shape index (κ1) is 16.4. The third-order valence-electron chi connectivity index (χ3n) is 3.30. The molecule has 0 spiro atoms. The van der Waals surface area contributed by atoms with Crippen molar-refractivity contribution in [1.82, 2.24) is 19.8 Å². The number of hydrazine groups is 2. The van der Waals surface area contributed by atoms with Gasteiger partial charge in [0.1, 0.15) is 6.67 Å². The predicted octanol–water partition coefficient (Wildman–Crippen LogP) is -1.45. The Morgan fingerprint density at radius 1 is 0.952 bits per heavy atom. The van der Waals surface area contributed by atoms with E-state index in [2.05, 4.69) is 0 Å². The number of hydrogen-bond donors (Lipinski definition) is 0. The second-order valence-electron chi connectivity index (χ2n) is 4.57. The van der Waals surface area contributed by atoms with E-state index in [0.29, 0.717) is 10.0 Å². The molecule has 118 valence electrons. The summed E-state index contributed by atoms with van der Waals surface area (Å²) in [5, 5.41) is 21.5. The molecule has 2 atom stereocenters. The Bertz CT molecular complexity index is 441. The van der Waals surface area contributed by atoms with E-state index >= 15 is 0 Å². The molecule has 0 N–H and O–H groups in total. The molecule has 2 amide bonds. The molecule has 1 aliphatic heterocycles. The van der Waals surface area contributed by atoms with E-state index in [1.54, 1.807) is 0 Å². The lowest BCUT2D eigenvalue weighted by Gasteiger charge is -2.30. The summed E-state index contributed by atoms with van der Waals surface area (Å²) < 4.78 is 0. The summed E-state index contributed by atoms with van der Waals surface area (Å²) in [5.74, 6) is -1.06. The quantitative estimate of drug-likeness (QED) is 0.455. The van der Waals surface area contributed by atoms with Crippen LogP contribution in [0.5, 0.6) is 0 Å². The number of nitrogens with zero attached hydrogens (tertiary/aromatic N) is 6. The van der Waals surface area contributed by atoms with Crippen LogP contribution in [-0.4, -0.2) is 74.8 Å². The molecule has 1 saturated heterocycles. The van der Waals surface area contributed by atoms with Crippen LogP contribution in [0.25, 0.3) is 0 Å². The Hall–Kier alpha value is -2.66. The topological polar surface area (TPSA) is 133 Å². The lowest BCUT2D eigenvalue weighted by Crippen LogP contribution is -2.59. The monoisotopic (exact) mass is 304 g/mol. The molecule has 21 heavy (non-hydrogen) atoms. The van der Waals surface area contributed by atoms with Gasteiger partial charge in [0.25, 0.3) is 0 Å². The minimum atomic E-state index is -1.27. The van der Waals surface area contributed by atoms with Gasteiger partial charge in [0.2, 0.25) is 24.1 Å². The summed E-state index contributed by atoms with van der Waals surface area (Å²) >= 11 is 0. The van der Waals surface area contributed by atoms with E-state index in [4.69, 9.17) is 0 Å². The Balaban J connectivity index is 3.31. The number of rotatable bonds is 4. The van der Waals surface area contributed by atoms with Crippen molar-refractivity contribution >= 4 is 11.8 Å². The fraction of sp³-hybridized carbons (Fsp3) is 0.778. The first-order valence-corrected chi connectivity index (χ1v) is 5.88. The second kappa shape index (κ2) is 5.76. The van der Waals surface area contributed by atoms with Gasteiger partial charge in [0.05, 0.1) is 14.1 Å². The van der Waals surface area contributed by atoms with Crippen molar-refractivity contribution < 1.29 is 19.7 Å². The van der Waals surface area contributed by atoms with Crippen LogP contribution in [0.1, 0.15) is 13.8 Å². The molecule has 1 aliphatic rings. The third kappa shape index (κ3) is 2.93. The van der Waals surface area contributed by atoms with E-state index < -0.39 is 34.2 Å². The van der Waals surface area contributed by atoms with Gasteiger partial charge in [0, 0.05) is 13.8 Å². The van der Waals surface area contributed by atoms with Gasteiger partial charge >= 0.3 is 0 Å². The van der Waals surface area contributed by atoms with Crippen molar-refractivity contribution in [2.75, 3.05) is 20.8 Å². The molecule has 0 aromatic carbocycles. The van der Waals surface area contributed by atoms with Crippen LogP contribution in [0.4, 0.5) is 0 Å². The molecular weight excluding hydrogens is 288 g/mol. The van der Waals surface area contributed by atoms with Crippen molar-refractivity contribution in [1.29, 1.82) is 0 Å². The maximum atomic E-state index is 11.6. The largest absolute Gasteiger partial charge is 0.296 e. The van der Waals surface area contributed by atoms with E-state index in [1.807, 2.05) is 0 Å². The first-order valence-electron chi connectivity index (χ1n) is 5.88. The van der Waals surface area contributed by atoms with Crippen molar-refractivity contribution in [2.24, 2.45) is 0 Å². The molecule has 1 rings (SSSR count). The average Bonchev–Trinajstić information content (AvgIpc) is 2.76. The smallest absolute Gasteiger partial charge is 0.222 e. The average molecular weight is 304 g/mol. The standard InChI is InChI=1S/C9H16N6O6/c1-6(16)12-5-13(7(2)17)9(11(4)15(20)21)8(12)10(3)14(18)19/h8-9H,5H2,1-4H3/t8-,9+. The lowest BCUT2D eigenvalue weighted by molar-refractivity contribution is -0.686. The molecule has 12 nitrogen and oxygen atoms in total. The minimum Gasteiger partial charge on any atom is -0.296 e. The fourth-order valence-corrected chi connectivity index (χ4v) is 2.21. The highest BCUT2D eigenvalue weighted by molar-refractivity contribution is 5.78. The summed E-state index contributed by atoms with van der Waals surface area (Å²) in [5.41, 5.74) is 0. The Morgan fingerprint density at radius 2 is 1.24 bits per heavy atom. The molecule has 0 radical (unpaired) electrons. The van der Waals surface area contributed by atoms with Gasteiger partial charge in [-0.3, -0.25) is 19.4 Å².